The quantitative estimate of drug-likeness (QED) is 0.734. The molecule has 1 saturated heterocycles. The summed E-state index contributed by atoms with van der Waals surface area (Å²) in [5.74, 6) is -0.631. The minimum absolute atomic E-state index is 0.0564. The summed E-state index contributed by atoms with van der Waals surface area (Å²) >= 11 is 3.17. The first-order valence-corrected chi connectivity index (χ1v) is 9.51. The topological polar surface area (TPSA) is 79.5 Å². The summed E-state index contributed by atoms with van der Waals surface area (Å²) < 4.78 is 13.6. The molecule has 0 bridgehead atoms. The molecule has 1 aromatic carbocycles. The van der Waals surface area contributed by atoms with Gasteiger partial charge < -0.3 is 9.47 Å². The summed E-state index contributed by atoms with van der Waals surface area (Å²) in [5.41, 5.74) is -1.22. The van der Waals surface area contributed by atoms with Crippen LogP contribution in [0.15, 0.2) is 50.6 Å². The second-order valence-electron chi connectivity index (χ2n) is 6.51. The summed E-state index contributed by atoms with van der Waals surface area (Å²) in [6.07, 6.45) is 0.930. The van der Waals surface area contributed by atoms with Gasteiger partial charge in [-0.1, -0.05) is 32.0 Å². The van der Waals surface area contributed by atoms with Crippen molar-refractivity contribution in [3.8, 4) is 0 Å². The van der Waals surface area contributed by atoms with E-state index in [1.54, 1.807) is 37.4 Å². The molecule has 8 heteroatoms. The van der Waals surface area contributed by atoms with Crippen LogP contribution in [-0.4, -0.2) is 34.4 Å². The molecule has 1 fully saturated rings. The van der Waals surface area contributed by atoms with Crippen molar-refractivity contribution in [2.75, 3.05) is 7.11 Å². The second-order valence-corrected chi connectivity index (χ2v) is 7.37. The van der Waals surface area contributed by atoms with E-state index < -0.39 is 23.4 Å². The van der Waals surface area contributed by atoms with E-state index >= 15 is 0 Å². The van der Waals surface area contributed by atoms with E-state index in [-0.39, 0.29) is 28.2 Å². The molecule has 144 valence electrons. The Kier molecular flexibility index (Phi) is 5.78. The molecule has 0 amide bonds. The van der Waals surface area contributed by atoms with Crippen LogP contribution in [0.25, 0.3) is 0 Å². The predicted octanol–water partition coefficient (Wildman–Crippen LogP) is 2.42. The number of carbonyl (C=O) groups is 1. The Balaban J connectivity index is 2.14. The first-order chi connectivity index (χ1) is 12.9. The van der Waals surface area contributed by atoms with Crippen LogP contribution >= 0.6 is 15.9 Å². The van der Waals surface area contributed by atoms with Crippen LogP contribution in [-0.2, 0) is 9.47 Å². The van der Waals surface area contributed by atoms with Crippen LogP contribution in [0.2, 0.25) is 0 Å². The number of ether oxygens (including phenoxy) is 2. The molecule has 27 heavy (non-hydrogen) atoms. The van der Waals surface area contributed by atoms with Gasteiger partial charge in [0, 0.05) is 24.8 Å². The van der Waals surface area contributed by atoms with Crippen molar-refractivity contribution in [2.24, 2.45) is 5.92 Å². The van der Waals surface area contributed by atoms with Crippen LogP contribution in [0, 0.1) is 5.92 Å². The molecule has 0 saturated carbocycles. The number of hydrogen-bond donors (Lipinski definition) is 0. The van der Waals surface area contributed by atoms with E-state index in [2.05, 4.69) is 15.9 Å². The van der Waals surface area contributed by atoms with E-state index in [4.69, 9.17) is 9.47 Å². The third-order valence-electron chi connectivity index (χ3n) is 4.94. The average molecular weight is 437 g/mol. The summed E-state index contributed by atoms with van der Waals surface area (Å²) in [7, 11) is 1.56. The van der Waals surface area contributed by atoms with Crippen molar-refractivity contribution in [3.05, 3.63) is 67.4 Å². The van der Waals surface area contributed by atoms with E-state index in [1.807, 2.05) is 13.8 Å². The second kappa shape index (κ2) is 7.92. The summed E-state index contributed by atoms with van der Waals surface area (Å²) in [6, 6.07) is 8.20. The number of methoxy groups -OCH3 is 1. The largest absolute Gasteiger partial charge is 0.376 e. The zero-order valence-electron chi connectivity index (χ0n) is 15.3. The highest BCUT2D eigenvalue weighted by molar-refractivity contribution is 9.10. The van der Waals surface area contributed by atoms with E-state index in [1.165, 1.54) is 10.8 Å². The van der Waals surface area contributed by atoms with Crippen LogP contribution in [0.4, 0.5) is 0 Å². The maximum absolute atomic E-state index is 13.1. The molecule has 4 atom stereocenters. The van der Waals surface area contributed by atoms with Crippen molar-refractivity contribution in [2.45, 2.75) is 38.7 Å². The SMILES string of the molecule is CC[C@H]1O[C@@H](n2cc(Br)c(=O)n(C(=O)c3ccccc3)c2=O)[C@@H](OC)C1C. The van der Waals surface area contributed by atoms with Crippen molar-refractivity contribution in [1.82, 2.24) is 9.13 Å². The van der Waals surface area contributed by atoms with Crippen LogP contribution < -0.4 is 11.2 Å². The highest BCUT2D eigenvalue weighted by atomic mass is 79.9. The molecule has 7 nitrogen and oxygen atoms in total. The van der Waals surface area contributed by atoms with Gasteiger partial charge in [0.2, 0.25) is 0 Å². The summed E-state index contributed by atoms with van der Waals surface area (Å²) in [4.78, 5) is 38.4. The Bertz CT molecular complexity index is 953. The van der Waals surface area contributed by atoms with Gasteiger partial charge in [0.1, 0.15) is 6.10 Å². The van der Waals surface area contributed by atoms with Crippen LogP contribution in [0.1, 0.15) is 36.9 Å². The lowest BCUT2D eigenvalue weighted by Crippen LogP contribution is -2.46. The first-order valence-electron chi connectivity index (χ1n) is 8.72. The third kappa shape index (κ3) is 3.44. The number of hydrogen-bond acceptors (Lipinski definition) is 5. The normalized spacial score (nSPS) is 24.9. The zero-order chi connectivity index (χ0) is 19.7. The fourth-order valence-corrected chi connectivity index (χ4v) is 3.89. The molecule has 1 aromatic heterocycles. The van der Waals surface area contributed by atoms with Gasteiger partial charge in [-0.05, 0) is 34.5 Å². The Labute approximate surface area is 164 Å². The standard InChI is InChI=1S/C19H21BrN2O5/c1-4-14-11(2)15(26-3)18(27-14)21-10-13(20)17(24)22(19(21)25)16(23)12-8-6-5-7-9-12/h5-11,14-15,18H,4H2,1-3H3/t11?,14-,15+,18-/m1/s1. The van der Waals surface area contributed by atoms with Crippen molar-refractivity contribution < 1.29 is 14.3 Å². The Morgan fingerprint density at radius 1 is 1.26 bits per heavy atom. The molecule has 0 spiro atoms. The highest BCUT2D eigenvalue weighted by Gasteiger charge is 2.43. The molecule has 0 N–H and O–H groups in total. The number of carbonyl (C=O) groups excluding carboxylic acids is 1. The number of halogens is 1. The lowest BCUT2D eigenvalue weighted by molar-refractivity contribution is -0.0535. The molecule has 2 aromatic rings. The average Bonchev–Trinajstić information content (AvgIpc) is 3.00. The van der Waals surface area contributed by atoms with Gasteiger partial charge in [0.05, 0.1) is 10.6 Å². The van der Waals surface area contributed by atoms with Crippen LogP contribution in [0.3, 0.4) is 0 Å². The minimum Gasteiger partial charge on any atom is -0.376 e. The highest BCUT2D eigenvalue weighted by Crippen LogP contribution is 2.36. The van der Waals surface area contributed by atoms with E-state index in [0.29, 0.717) is 4.57 Å². The fourth-order valence-electron chi connectivity index (χ4n) is 3.49. The first kappa shape index (κ1) is 19.7. The van der Waals surface area contributed by atoms with Crippen LogP contribution in [0.5, 0.6) is 0 Å². The predicted molar refractivity (Wildman–Crippen MR) is 103 cm³/mol. The Hall–Kier alpha value is -2.03. The molecule has 2 heterocycles. The molecule has 1 aliphatic heterocycles. The van der Waals surface area contributed by atoms with Crippen molar-refractivity contribution in [1.29, 1.82) is 0 Å². The maximum atomic E-state index is 13.1. The van der Waals surface area contributed by atoms with Crippen molar-refractivity contribution >= 4 is 21.8 Å². The van der Waals surface area contributed by atoms with Gasteiger partial charge in [-0.2, -0.15) is 4.57 Å². The zero-order valence-corrected chi connectivity index (χ0v) is 16.9. The van der Waals surface area contributed by atoms with Gasteiger partial charge >= 0.3 is 5.69 Å². The molecule has 3 rings (SSSR count). The van der Waals surface area contributed by atoms with Crippen molar-refractivity contribution in [3.63, 3.8) is 0 Å². The molecular weight excluding hydrogens is 416 g/mol. The number of rotatable bonds is 4. The van der Waals surface area contributed by atoms with Gasteiger partial charge in [0.15, 0.2) is 6.23 Å². The molecule has 0 radical (unpaired) electrons. The molecule has 0 aliphatic carbocycles. The molecule has 1 unspecified atom stereocenters. The third-order valence-corrected chi connectivity index (χ3v) is 5.49. The number of benzene rings is 1. The Morgan fingerprint density at radius 3 is 2.52 bits per heavy atom. The van der Waals surface area contributed by atoms with Gasteiger partial charge in [-0.25, -0.2) is 4.79 Å². The fraction of sp³-hybridized carbons (Fsp3) is 0.421. The van der Waals surface area contributed by atoms with Gasteiger partial charge in [-0.3, -0.25) is 14.2 Å². The number of aromatic nitrogens is 2. The smallest absolute Gasteiger partial charge is 0.340 e. The minimum atomic E-state index is -0.756. The Morgan fingerprint density at radius 2 is 1.93 bits per heavy atom. The monoisotopic (exact) mass is 436 g/mol. The molecular formula is C19H21BrN2O5. The lowest BCUT2D eigenvalue weighted by Gasteiger charge is -2.22. The van der Waals surface area contributed by atoms with Gasteiger partial charge in [0.25, 0.3) is 11.5 Å². The number of nitrogens with zero attached hydrogens (tertiary/aromatic N) is 2. The maximum Gasteiger partial charge on any atom is 0.340 e. The summed E-state index contributed by atoms with van der Waals surface area (Å²) in [6.45, 7) is 3.99. The van der Waals surface area contributed by atoms with E-state index in [9.17, 15) is 14.4 Å². The summed E-state index contributed by atoms with van der Waals surface area (Å²) in [5, 5.41) is 0. The molecule has 1 aliphatic rings. The lowest BCUT2D eigenvalue weighted by atomic mass is 9.98. The van der Waals surface area contributed by atoms with Gasteiger partial charge in [-0.15, -0.1) is 0 Å². The van der Waals surface area contributed by atoms with E-state index in [0.717, 1.165) is 6.42 Å².